The number of benzene rings is 1. The van der Waals surface area contributed by atoms with Gasteiger partial charge in [-0.2, -0.15) is 0 Å². The maximum Gasteiger partial charge on any atom is 0.231 e. The average Bonchev–Trinajstić information content (AvgIpc) is 2.85. The molecule has 0 aliphatic carbocycles. The molecule has 1 heterocycles. The van der Waals surface area contributed by atoms with Gasteiger partial charge in [0.2, 0.25) is 6.79 Å². The molecule has 0 fully saturated rings. The Morgan fingerprint density at radius 1 is 1.30 bits per heavy atom. The van der Waals surface area contributed by atoms with E-state index in [9.17, 15) is 0 Å². The summed E-state index contributed by atoms with van der Waals surface area (Å²) in [4.78, 5) is 2.09. The van der Waals surface area contributed by atoms with Crippen LogP contribution in [0, 0.1) is 0 Å². The van der Waals surface area contributed by atoms with Crippen LogP contribution in [0.4, 0.5) is 0 Å². The van der Waals surface area contributed by atoms with Crippen LogP contribution in [-0.4, -0.2) is 45.0 Å². The minimum Gasteiger partial charge on any atom is -0.492 e. The molecular weight excluding hydrogens is 256 g/mol. The smallest absolute Gasteiger partial charge is 0.231 e. The van der Waals surface area contributed by atoms with E-state index in [1.165, 1.54) is 0 Å². The van der Waals surface area contributed by atoms with Gasteiger partial charge >= 0.3 is 0 Å². The van der Waals surface area contributed by atoms with Gasteiger partial charge < -0.3 is 24.8 Å². The molecule has 2 N–H and O–H groups in total. The van der Waals surface area contributed by atoms with Crippen LogP contribution in [0.2, 0.25) is 0 Å². The van der Waals surface area contributed by atoms with Gasteiger partial charge in [0, 0.05) is 18.7 Å². The summed E-state index contributed by atoms with van der Waals surface area (Å²) in [6, 6.07) is 4.03. The molecule has 0 spiro atoms. The van der Waals surface area contributed by atoms with Crippen LogP contribution in [0.25, 0.3) is 0 Å². The fourth-order valence-electron chi connectivity index (χ4n) is 2.02. The summed E-state index contributed by atoms with van der Waals surface area (Å²) in [7, 11) is 4.05. The van der Waals surface area contributed by atoms with Crippen LogP contribution in [-0.2, 0) is 6.42 Å². The van der Waals surface area contributed by atoms with E-state index in [2.05, 4.69) is 11.8 Å². The molecule has 0 saturated heterocycles. The van der Waals surface area contributed by atoms with E-state index in [-0.39, 0.29) is 12.8 Å². The lowest BCUT2D eigenvalue weighted by molar-refractivity contribution is 0.173. The van der Waals surface area contributed by atoms with Gasteiger partial charge in [0.1, 0.15) is 12.4 Å². The summed E-state index contributed by atoms with van der Waals surface area (Å²) < 4.78 is 16.7. The Morgan fingerprint density at radius 2 is 2.00 bits per heavy atom. The second kappa shape index (κ2) is 6.81. The van der Waals surface area contributed by atoms with Gasteiger partial charge in [0.25, 0.3) is 0 Å². The molecule has 1 aliphatic heterocycles. The number of fused-ring (bicyclic) bond motifs is 1. The minimum atomic E-state index is 0.131. The third kappa shape index (κ3) is 3.77. The van der Waals surface area contributed by atoms with E-state index in [1.54, 1.807) is 0 Å². The molecule has 5 nitrogen and oxygen atoms in total. The van der Waals surface area contributed by atoms with Gasteiger partial charge in [-0.25, -0.2) is 0 Å². The maximum absolute atomic E-state index is 6.06. The fraction of sp³-hybridized carbons (Fsp3) is 0.600. The number of nitrogens with two attached hydrogens (primary N) is 1. The SMILES string of the molecule is CCC(N)Cc1cc2c(cc1OCCN(C)C)OCO2. The molecule has 5 heteroatoms. The Hall–Kier alpha value is -1.46. The first-order valence-electron chi connectivity index (χ1n) is 7.05. The van der Waals surface area contributed by atoms with Crippen molar-refractivity contribution in [2.24, 2.45) is 5.73 Å². The zero-order chi connectivity index (χ0) is 14.5. The third-order valence-electron chi connectivity index (χ3n) is 3.36. The maximum atomic E-state index is 6.06. The summed E-state index contributed by atoms with van der Waals surface area (Å²) in [5.41, 5.74) is 7.15. The number of likely N-dealkylation sites (N-methyl/N-ethyl adjacent to an activating group) is 1. The lowest BCUT2D eigenvalue weighted by Gasteiger charge is -2.16. The summed E-state index contributed by atoms with van der Waals surface area (Å²) in [5, 5.41) is 0. The first-order chi connectivity index (χ1) is 9.60. The molecule has 112 valence electrons. The van der Waals surface area contributed by atoms with Crippen molar-refractivity contribution in [1.29, 1.82) is 0 Å². The van der Waals surface area contributed by atoms with Crippen molar-refractivity contribution >= 4 is 0 Å². The molecular formula is C15H24N2O3. The van der Waals surface area contributed by atoms with E-state index < -0.39 is 0 Å². The predicted octanol–water partition coefficient (Wildman–Crippen LogP) is 1.64. The Labute approximate surface area is 120 Å². The summed E-state index contributed by atoms with van der Waals surface area (Å²) in [6.07, 6.45) is 1.72. The second-order valence-electron chi connectivity index (χ2n) is 5.34. The van der Waals surface area contributed by atoms with Crippen molar-refractivity contribution in [2.75, 3.05) is 34.0 Å². The second-order valence-corrected chi connectivity index (χ2v) is 5.34. The highest BCUT2D eigenvalue weighted by Gasteiger charge is 2.19. The minimum absolute atomic E-state index is 0.131. The van der Waals surface area contributed by atoms with E-state index in [0.717, 1.165) is 42.2 Å². The lowest BCUT2D eigenvalue weighted by atomic mass is 10.0. The highest BCUT2D eigenvalue weighted by Crippen LogP contribution is 2.38. The molecule has 1 aromatic carbocycles. The van der Waals surface area contributed by atoms with Crippen LogP contribution >= 0.6 is 0 Å². The van der Waals surface area contributed by atoms with Crippen molar-refractivity contribution in [3.63, 3.8) is 0 Å². The van der Waals surface area contributed by atoms with E-state index >= 15 is 0 Å². The van der Waals surface area contributed by atoms with E-state index in [4.69, 9.17) is 19.9 Å². The Morgan fingerprint density at radius 3 is 2.65 bits per heavy atom. The summed E-state index contributed by atoms with van der Waals surface area (Å²) >= 11 is 0. The fourth-order valence-corrected chi connectivity index (χ4v) is 2.02. The topological polar surface area (TPSA) is 57.0 Å². The molecule has 1 aromatic rings. The Bertz CT molecular complexity index is 449. The summed E-state index contributed by atoms with van der Waals surface area (Å²) in [5.74, 6) is 2.38. The molecule has 0 amide bonds. The Kier molecular flexibility index (Phi) is 5.09. The molecule has 1 atom stereocenters. The largest absolute Gasteiger partial charge is 0.492 e. The molecule has 0 saturated carbocycles. The third-order valence-corrected chi connectivity index (χ3v) is 3.36. The van der Waals surface area contributed by atoms with Crippen LogP contribution in [0.3, 0.4) is 0 Å². The van der Waals surface area contributed by atoms with Crippen LogP contribution in [0.5, 0.6) is 17.2 Å². The van der Waals surface area contributed by atoms with Crippen molar-refractivity contribution in [1.82, 2.24) is 4.90 Å². The van der Waals surface area contributed by atoms with Gasteiger partial charge in [-0.15, -0.1) is 0 Å². The molecule has 0 bridgehead atoms. The van der Waals surface area contributed by atoms with Crippen molar-refractivity contribution < 1.29 is 14.2 Å². The van der Waals surface area contributed by atoms with Crippen LogP contribution < -0.4 is 19.9 Å². The zero-order valence-electron chi connectivity index (χ0n) is 12.5. The molecule has 1 unspecified atom stereocenters. The number of hydrogen-bond acceptors (Lipinski definition) is 5. The number of nitrogens with zero attached hydrogens (tertiary/aromatic N) is 1. The standard InChI is InChI=1S/C15H24N2O3/c1-4-12(16)7-11-8-14-15(20-10-19-14)9-13(11)18-6-5-17(2)3/h8-9,12H,4-7,10,16H2,1-3H3. The molecule has 1 aliphatic rings. The van der Waals surface area contributed by atoms with E-state index in [0.29, 0.717) is 6.61 Å². The molecule has 0 radical (unpaired) electrons. The summed E-state index contributed by atoms with van der Waals surface area (Å²) in [6.45, 7) is 3.87. The number of rotatable bonds is 7. The Balaban J connectivity index is 2.13. The van der Waals surface area contributed by atoms with Crippen molar-refractivity contribution in [2.45, 2.75) is 25.8 Å². The average molecular weight is 280 g/mol. The number of hydrogen-bond donors (Lipinski definition) is 1. The van der Waals surface area contributed by atoms with Gasteiger partial charge in [-0.05, 0) is 38.6 Å². The zero-order valence-corrected chi connectivity index (χ0v) is 12.5. The highest BCUT2D eigenvalue weighted by molar-refractivity contribution is 5.52. The highest BCUT2D eigenvalue weighted by atomic mass is 16.7. The van der Waals surface area contributed by atoms with Crippen LogP contribution in [0.15, 0.2) is 12.1 Å². The van der Waals surface area contributed by atoms with Gasteiger partial charge in [-0.1, -0.05) is 6.92 Å². The molecule has 0 aromatic heterocycles. The van der Waals surface area contributed by atoms with Crippen LogP contribution in [0.1, 0.15) is 18.9 Å². The lowest BCUT2D eigenvalue weighted by Crippen LogP contribution is -2.23. The number of ether oxygens (including phenoxy) is 3. The van der Waals surface area contributed by atoms with E-state index in [1.807, 2.05) is 26.2 Å². The normalized spacial score (nSPS) is 14.7. The van der Waals surface area contributed by atoms with Crippen molar-refractivity contribution in [3.05, 3.63) is 17.7 Å². The first-order valence-corrected chi connectivity index (χ1v) is 7.05. The monoisotopic (exact) mass is 280 g/mol. The van der Waals surface area contributed by atoms with Gasteiger partial charge in [0.05, 0.1) is 0 Å². The first kappa shape index (κ1) is 14.9. The van der Waals surface area contributed by atoms with Gasteiger partial charge in [-0.3, -0.25) is 0 Å². The van der Waals surface area contributed by atoms with Crippen molar-refractivity contribution in [3.8, 4) is 17.2 Å². The quantitative estimate of drug-likeness (QED) is 0.823. The molecule has 2 rings (SSSR count). The predicted molar refractivity (Wildman–Crippen MR) is 78.6 cm³/mol. The molecule has 20 heavy (non-hydrogen) atoms. The van der Waals surface area contributed by atoms with Gasteiger partial charge in [0.15, 0.2) is 11.5 Å².